The molecule has 46 heavy (non-hydrogen) atoms. The third kappa shape index (κ3) is 4.89. The number of rotatable bonds is 7. The number of ether oxygens (including phenoxy) is 1. The normalized spacial score (nSPS) is 27.7. The van der Waals surface area contributed by atoms with E-state index in [4.69, 9.17) is 11.5 Å². The minimum absolute atomic E-state index is 0.0452. The Morgan fingerprint density at radius 1 is 1.11 bits per heavy atom. The molecule has 0 spiro atoms. The first-order valence-corrected chi connectivity index (χ1v) is 14.6. The number of carbonyl (C=O) groups is 7. The predicted molar refractivity (Wildman–Crippen MR) is 159 cm³/mol. The van der Waals surface area contributed by atoms with Gasteiger partial charge in [0.2, 0.25) is 5.91 Å². The Morgan fingerprint density at radius 2 is 1.80 bits per heavy atom. The first kappa shape index (κ1) is 32.6. The number of fused-ring (bicyclic) bond motifs is 3. The van der Waals surface area contributed by atoms with E-state index in [2.05, 4.69) is 10.1 Å². The average Bonchev–Trinajstić information content (AvgIpc) is 3.01. The zero-order valence-electron chi connectivity index (χ0n) is 25.3. The number of nitrogens with two attached hydrogens (primary N) is 2. The molecular weight excluding hydrogens is 600 g/mol. The summed E-state index contributed by atoms with van der Waals surface area (Å²) < 4.78 is 4.66. The molecule has 14 heteroatoms. The Hall–Kier alpha value is -4.79. The molecule has 7 atom stereocenters. The van der Waals surface area contributed by atoms with Gasteiger partial charge in [-0.05, 0) is 67.7 Å². The summed E-state index contributed by atoms with van der Waals surface area (Å²) in [6, 6.07) is 6.83. The number of Topliss-reactive ketones (excluding diaryl/α,β-unsaturated/α-hetero) is 4. The zero-order chi connectivity index (χ0) is 33.8. The molecule has 2 fully saturated rings. The molecule has 14 nitrogen and oxygen atoms in total. The lowest BCUT2D eigenvalue weighted by Gasteiger charge is -2.52. The zero-order valence-corrected chi connectivity index (χ0v) is 25.3. The van der Waals surface area contributed by atoms with Crippen molar-refractivity contribution in [3.8, 4) is 16.9 Å². The monoisotopic (exact) mass is 634 g/mol. The highest BCUT2D eigenvalue weighted by atomic mass is 16.5. The molecule has 0 saturated heterocycles. The fourth-order valence-electron chi connectivity index (χ4n) is 7.30. The molecule has 0 aromatic heterocycles. The number of benzene rings is 2. The van der Waals surface area contributed by atoms with E-state index >= 15 is 0 Å². The third-order valence-electron chi connectivity index (χ3n) is 9.41. The second-order valence-electron chi connectivity index (χ2n) is 12.1. The number of nitrogens with zero attached hydrogens (tertiary/aromatic N) is 1. The first-order valence-electron chi connectivity index (χ1n) is 14.6. The summed E-state index contributed by atoms with van der Waals surface area (Å²) in [6.45, 7) is -0.196. The van der Waals surface area contributed by atoms with Crippen LogP contribution in [0.2, 0.25) is 0 Å². The maximum atomic E-state index is 14.0. The van der Waals surface area contributed by atoms with Crippen molar-refractivity contribution in [1.29, 1.82) is 0 Å². The standard InChI is InChI=1S/C32H34N4O10/c1-36(2)24-18-11-15-10-17-16(13-5-4-6-14(9-13)30(43)35-19(12-33)31(44)46-3)7-8-20(37)22(17)25(38)21(15)27(40)32(18,45)28(41)23(26(24)39)29(34)42/h4-9,15,18-19,21,23-24,37,45H,10-12,33H2,1-3H3,(H2,34,42)(H,35,43). The summed E-state index contributed by atoms with van der Waals surface area (Å²) in [5, 5.41) is 25.1. The Morgan fingerprint density at radius 3 is 2.41 bits per heavy atom. The number of aliphatic hydroxyl groups is 1. The van der Waals surface area contributed by atoms with Gasteiger partial charge in [-0.3, -0.25) is 33.7 Å². The lowest BCUT2D eigenvalue weighted by molar-refractivity contribution is -0.181. The highest BCUT2D eigenvalue weighted by Crippen LogP contribution is 2.51. The third-order valence-corrected chi connectivity index (χ3v) is 9.41. The Kier molecular flexibility index (Phi) is 8.40. The summed E-state index contributed by atoms with van der Waals surface area (Å²) in [4.78, 5) is 93.3. The van der Waals surface area contributed by atoms with E-state index in [1.54, 1.807) is 18.2 Å². The molecule has 2 aromatic carbocycles. The quantitative estimate of drug-likeness (QED) is 0.178. The number of primary amides is 1. The molecule has 2 aromatic rings. The van der Waals surface area contributed by atoms with E-state index in [1.807, 2.05) is 0 Å². The van der Waals surface area contributed by atoms with Gasteiger partial charge in [-0.2, -0.15) is 0 Å². The lowest BCUT2D eigenvalue weighted by atomic mass is 9.52. The van der Waals surface area contributed by atoms with Crippen LogP contribution in [0.25, 0.3) is 11.1 Å². The van der Waals surface area contributed by atoms with Crippen molar-refractivity contribution in [2.75, 3.05) is 27.7 Å². The van der Waals surface area contributed by atoms with E-state index in [9.17, 15) is 43.8 Å². The first-order chi connectivity index (χ1) is 21.7. The predicted octanol–water partition coefficient (Wildman–Crippen LogP) is -1.24. The number of nitrogens with one attached hydrogen (secondary N) is 1. The SMILES string of the molecule is COC(=O)C(CN)NC(=O)c1cccc(-c2ccc(O)c3c2CC2CC4C(N(C)C)C(=O)C(C(N)=O)C(=O)C4(O)C(=O)C2C3=O)c1. The van der Waals surface area contributed by atoms with Crippen LogP contribution in [0.5, 0.6) is 5.75 Å². The summed E-state index contributed by atoms with van der Waals surface area (Å²) in [7, 11) is 4.18. The minimum atomic E-state index is -2.82. The summed E-state index contributed by atoms with van der Waals surface area (Å²) in [5.41, 5.74) is 9.46. The fourth-order valence-corrected chi connectivity index (χ4v) is 7.30. The fraction of sp³-hybridized carbons (Fsp3) is 0.406. The average molecular weight is 635 g/mol. The maximum absolute atomic E-state index is 14.0. The Labute approximate surface area is 263 Å². The van der Waals surface area contributed by atoms with Crippen LogP contribution in [0, 0.1) is 23.7 Å². The number of amides is 2. The molecule has 2 saturated carbocycles. The molecule has 0 heterocycles. The Bertz CT molecular complexity index is 1700. The van der Waals surface area contributed by atoms with Crippen LogP contribution in [0.1, 0.15) is 32.7 Å². The smallest absolute Gasteiger partial charge is 0.329 e. The topological polar surface area (TPSA) is 236 Å². The number of ketones is 4. The number of phenols is 1. The molecular formula is C32H34N4O10. The number of phenolic OH excluding ortho intramolecular Hbond substituents is 1. The molecule has 0 aliphatic heterocycles. The van der Waals surface area contributed by atoms with E-state index in [0.29, 0.717) is 16.7 Å². The second kappa shape index (κ2) is 11.9. The van der Waals surface area contributed by atoms with E-state index in [1.165, 1.54) is 44.3 Å². The van der Waals surface area contributed by atoms with Crippen LogP contribution in [-0.2, 0) is 35.1 Å². The number of carbonyl (C=O) groups excluding carboxylic acids is 7. The number of aromatic hydroxyl groups is 1. The van der Waals surface area contributed by atoms with Crippen molar-refractivity contribution >= 4 is 40.9 Å². The molecule has 3 aliphatic rings. The molecule has 0 bridgehead atoms. The van der Waals surface area contributed by atoms with Crippen LogP contribution in [-0.4, -0.2) is 101 Å². The van der Waals surface area contributed by atoms with Crippen molar-refractivity contribution in [3.05, 3.63) is 53.1 Å². The number of likely N-dealkylation sites (N-methyl/N-ethyl adjacent to an activating group) is 1. The van der Waals surface area contributed by atoms with Gasteiger partial charge in [0.05, 0.1) is 24.6 Å². The van der Waals surface area contributed by atoms with Crippen molar-refractivity contribution in [2.24, 2.45) is 35.1 Å². The van der Waals surface area contributed by atoms with Gasteiger partial charge in [-0.15, -0.1) is 0 Å². The largest absolute Gasteiger partial charge is 0.507 e. The summed E-state index contributed by atoms with van der Waals surface area (Å²) in [6.07, 6.45) is -0.0565. The van der Waals surface area contributed by atoms with Crippen LogP contribution in [0.15, 0.2) is 36.4 Å². The van der Waals surface area contributed by atoms with E-state index in [-0.39, 0.29) is 30.5 Å². The van der Waals surface area contributed by atoms with Gasteiger partial charge < -0.3 is 31.7 Å². The second-order valence-corrected chi connectivity index (χ2v) is 12.1. The van der Waals surface area contributed by atoms with Crippen molar-refractivity contribution in [1.82, 2.24) is 10.2 Å². The van der Waals surface area contributed by atoms with Crippen molar-refractivity contribution in [3.63, 3.8) is 0 Å². The molecule has 3 aliphatic carbocycles. The van der Waals surface area contributed by atoms with Crippen molar-refractivity contribution < 1.29 is 48.5 Å². The van der Waals surface area contributed by atoms with E-state index in [0.717, 1.165) is 0 Å². The van der Waals surface area contributed by atoms with Crippen LogP contribution in [0.4, 0.5) is 0 Å². The molecule has 5 rings (SSSR count). The lowest BCUT2D eigenvalue weighted by Crippen LogP contribution is -2.74. The van der Waals surface area contributed by atoms with E-state index < -0.39 is 88.0 Å². The van der Waals surface area contributed by atoms with Gasteiger partial charge in [-0.1, -0.05) is 18.2 Å². The molecule has 7 unspecified atom stereocenters. The Balaban J connectivity index is 1.57. The van der Waals surface area contributed by atoms with Gasteiger partial charge in [0.15, 0.2) is 34.7 Å². The summed E-state index contributed by atoms with van der Waals surface area (Å²) >= 11 is 0. The summed E-state index contributed by atoms with van der Waals surface area (Å²) in [5.74, 6) is -12.8. The molecule has 2 amide bonds. The number of methoxy groups -OCH3 is 1. The number of esters is 1. The molecule has 0 radical (unpaired) electrons. The van der Waals surface area contributed by atoms with Gasteiger partial charge in [0.25, 0.3) is 5.91 Å². The van der Waals surface area contributed by atoms with Gasteiger partial charge >= 0.3 is 5.97 Å². The minimum Gasteiger partial charge on any atom is -0.507 e. The van der Waals surface area contributed by atoms with Crippen LogP contribution < -0.4 is 16.8 Å². The van der Waals surface area contributed by atoms with Gasteiger partial charge in [0.1, 0.15) is 11.8 Å². The number of hydrogen-bond acceptors (Lipinski definition) is 12. The number of hydrogen-bond donors (Lipinski definition) is 5. The highest BCUT2D eigenvalue weighted by molar-refractivity contribution is 6.32. The van der Waals surface area contributed by atoms with Gasteiger partial charge in [0, 0.05) is 18.0 Å². The van der Waals surface area contributed by atoms with Crippen LogP contribution in [0.3, 0.4) is 0 Å². The maximum Gasteiger partial charge on any atom is 0.329 e. The van der Waals surface area contributed by atoms with Crippen molar-refractivity contribution in [2.45, 2.75) is 30.5 Å². The molecule has 7 N–H and O–H groups in total. The van der Waals surface area contributed by atoms with Crippen LogP contribution >= 0.6 is 0 Å². The highest BCUT2D eigenvalue weighted by Gasteiger charge is 2.69. The molecule has 242 valence electrons. The van der Waals surface area contributed by atoms with Gasteiger partial charge in [-0.25, -0.2) is 4.79 Å².